The van der Waals surface area contributed by atoms with E-state index in [1.165, 1.54) is 19.4 Å². The third-order valence-corrected chi connectivity index (χ3v) is 4.97. The molecule has 0 aliphatic carbocycles. The minimum Gasteiger partial charge on any atom is -0.493 e. The molecule has 0 atom stereocenters. The molecule has 32 heavy (non-hydrogen) atoms. The van der Waals surface area contributed by atoms with E-state index in [0.29, 0.717) is 29.2 Å². The van der Waals surface area contributed by atoms with Crippen LogP contribution in [-0.4, -0.2) is 24.2 Å². The number of amides is 1. The molecule has 8 nitrogen and oxygen atoms in total. The number of rotatable bonds is 9. The van der Waals surface area contributed by atoms with Gasteiger partial charge in [0.25, 0.3) is 5.69 Å². The van der Waals surface area contributed by atoms with Crippen LogP contribution in [-0.2, 0) is 17.8 Å². The van der Waals surface area contributed by atoms with E-state index in [1.54, 1.807) is 36.4 Å². The molecule has 9 heteroatoms. The average Bonchev–Trinajstić information content (AvgIpc) is 2.79. The lowest BCUT2D eigenvalue weighted by atomic mass is 10.1. The highest BCUT2D eigenvalue weighted by Crippen LogP contribution is 2.28. The van der Waals surface area contributed by atoms with Crippen molar-refractivity contribution in [2.75, 3.05) is 7.11 Å². The van der Waals surface area contributed by atoms with Crippen molar-refractivity contribution in [1.29, 1.82) is 0 Å². The van der Waals surface area contributed by atoms with Crippen molar-refractivity contribution in [3.05, 3.63) is 98.0 Å². The van der Waals surface area contributed by atoms with Gasteiger partial charge in [-0.25, -0.2) is 5.43 Å². The molecule has 0 radical (unpaired) electrons. The van der Waals surface area contributed by atoms with Crippen LogP contribution in [0.4, 0.5) is 5.69 Å². The zero-order chi connectivity index (χ0) is 22.9. The van der Waals surface area contributed by atoms with Gasteiger partial charge in [-0.1, -0.05) is 46.3 Å². The maximum atomic E-state index is 12.1. The Morgan fingerprint density at radius 3 is 2.59 bits per heavy atom. The molecular weight excluding hydrogens is 478 g/mol. The number of hydrazone groups is 1. The fourth-order valence-electron chi connectivity index (χ4n) is 2.86. The molecular formula is C23H20BrN3O5. The molecule has 3 rings (SSSR count). The van der Waals surface area contributed by atoms with Crippen LogP contribution in [0.5, 0.6) is 11.5 Å². The third-order valence-electron chi connectivity index (χ3n) is 4.44. The lowest BCUT2D eigenvalue weighted by molar-refractivity contribution is -0.385. The molecule has 0 bridgehead atoms. The Labute approximate surface area is 193 Å². The summed E-state index contributed by atoms with van der Waals surface area (Å²) >= 11 is 3.40. The Morgan fingerprint density at radius 2 is 1.88 bits per heavy atom. The molecule has 0 spiro atoms. The SMILES string of the molecule is COc1cc(/C=N/NC(=O)Cc2ccccc2[N+](=O)[O-])ccc1OCc1ccc(Br)cc1. The van der Waals surface area contributed by atoms with Gasteiger partial charge in [-0.15, -0.1) is 0 Å². The molecule has 3 aromatic rings. The van der Waals surface area contributed by atoms with Crippen molar-refractivity contribution in [3.63, 3.8) is 0 Å². The van der Waals surface area contributed by atoms with Gasteiger partial charge >= 0.3 is 0 Å². The maximum Gasteiger partial charge on any atom is 0.273 e. The topological polar surface area (TPSA) is 103 Å². The minimum absolute atomic E-state index is 0.102. The normalized spacial score (nSPS) is 10.7. The van der Waals surface area contributed by atoms with Gasteiger partial charge in [0, 0.05) is 16.1 Å². The molecule has 164 valence electrons. The number of halogens is 1. The molecule has 0 unspecified atom stereocenters. The van der Waals surface area contributed by atoms with Crippen LogP contribution in [0.1, 0.15) is 16.7 Å². The number of para-hydroxylation sites is 1. The Kier molecular flexibility index (Phi) is 7.93. The van der Waals surface area contributed by atoms with E-state index in [2.05, 4.69) is 26.5 Å². The summed E-state index contributed by atoms with van der Waals surface area (Å²) in [6.45, 7) is 0.388. The highest BCUT2D eigenvalue weighted by molar-refractivity contribution is 9.10. The fraction of sp³-hybridized carbons (Fsp3) is 0.130. The van der Waals surface area contributed by atoms with Crippen LogP contribution < -0.4 is 14.9 Å². The number of carbonyl (C=O) groups excluding carboxylic acids is 1. The predicted octanol–water partition coefficient (Wildman–Crippen LogP) is 4.64. The van der Waals surface area contributed by atoms with Crippen LogP contribution in [0.3, 0.4) is 0 Å². The van der Waals surface area contributed by atoms with Crippen molar-refractivity contribution in [3.8, 4) is 11.5 Å². The smallest absolute Gasteiger partial charge is 0.273 e. The summed E-state index contributed by atoms with van der Waals surface area (Å²) < 4.78 is 12.2. The quantitative estimate of drug-likeness (QED) is 0.263. The van der Waals surface area contributed by atoms with Crippen LogP contribution in [0.2, 0.25) is 0 Å². The van der Waals surface area contributed by atoms with E-state index in [1.807, 2.05) is 24.3 Å². The van der Waals surface area contributed by atoms with Crippen molar-refractivity contribution >= 4 is 33.7 Å². The summed E-state index contributed by atoms with van der Waals surface area (Å²) in [4.78, 5) is 22.6. The number of nitro groups is 1. The van der Waals surface area contributed by atoms with E-state index >= 15 is 0 Å². The molecule has 3 aromatic carbocycles. The average molecular weight is 498 g/mol. The molecule has 0 aliphatic rings. The van der Waals surface area contributed by atoms with Crippen molar-refractivity contribution in [2.24, 2.45) is 5.10 Å². The van der Waals surface area contributed by atoms with Crippen molar-refractivity contribution < 1.29 is 19.2 Å². The minimum atomic E-state index is -0.515. The standard InChI is InChI=1S/C23H20BrN3O5/c1-31-22-12-17(8-11-21(22)32-15-16-6-9-19(24)10-7-16)14-25-26-23(28)13-18-4-2-3-5-20(18)27(29)30/h2-12,14H,13,15H2,1H3,(H,26,28)/b25-14+. The first-order chi connectivity index (χ1) is 15.5. The number of methoxy groups -OCH3 is 1. The maximum absolute atomic E-state index is 12.1. The Bertz CT molecular complexity index is 1130. The number of nitro benzene ring substituents is 1. The van der Waals surface area contributed by atoms with Crippen LogP contribution >= 0.6 is 15.9 Å². The largest absolute Gasteiger partial charge is 0.493 e. The first kappa shape index (κ1) is 23.0. The number of hydrogen-bond acceptors (Lipinski definition) is 6. The first-order valence-corrected chi connectivity index (χ1v) is 10.3. The second-order valence-corrected chi connectivity index (χ2v) is 7.60. The molecule has 0 saturated carbocycles. The second kappa shape index (κ2) is 11.1. The third kappa shape index (κ3) is 6.39. The van der Waals surface area contributed by atoms with Gasteiger partial charge in [0.1, 0.15) is 6.61 Å². The van der Waals surface area contributed by atoms with E-state index < -0.39 is 10.8 Å². The summed E-state index contributed by atoms with van der Waals surface area (Å²) in [5.41, 5.74) is 4.30. The molecule has 0 fully saturated rings. The summed E-state index contributed by atoms with van der Waals surface area (Å²) in [6.07, 6.45) is 1.30. The van der Waals surface area contributed by atoms with Gasteiger partial charge in [-0.3, -0.25) is 14.9 Å². The van der Waals surface area contributed by atoms with Gasteiger partial charge in [-0.2, -0.15) is 5.10 Å². The van der Waals surface area contributed by atoms with Gasteiger partial charge in [0.05, 0.1) is 24.7 Å². The van der Waals surface area contributed by atoms with E-state index in [9.17, 15) is 14.9 Å². The van der Waals surface area contributed by atoms with Crippen LogP contribution in [0, 0.1) is 10.1 Å². The van der Waals surface area contributed by atoms with E-state index in [0.717, 1.165) is 10.0 Å². The molecule has 0 aliphatic heterocycles. The summed E-state index contributed by atoms with van der Waals surface area (Å²) in [7, 11) is 1.54. The molecule has 0 saturated heterocycles. The molecule has 1 amide bonds. The first-order valence-electron chi connectivity index (χ1n) is 9.55. The Hall–Kier alpha value is -3.72. The van der Waals surface area contributed by atoms with E-state index in [4.69, 9.17) is 9.47 Å². The second-order valence-electron chi connectivity index (χ2n) is 6.68. The fourth-order valence-corrected chi connectivity index (χ4v) is 3.12. The Morgan fingerprint density at radius 1 is 1.12 bits per heavy atom. The van der Waals surface area contributed by atoms with Gasteiger partial charge in [0.15, 0.2) is 11.5 Å². The number of benzene rings is 3. The highest BCUT2D eigenvalue weighted by Gasteiger charge is 2.15. The molecule has 1 N–H and O–H groups in total. The lowest BCUT2D eigenvalue weighted by Crippen LogP contribution is -2.20. The van der Waals surface area contributed by atoms with Gasteiger partial charge in [0.2, 0.25) is 5.91 Å². The molecule has 0 aromatic heterocycles. The van der Waals surface area contributed by atoms with Crippen molar-refractivity contribution in [2.45, 2.75) is 13.0 Å². The zero-order valence-electron chi connectivity index (χ0n) is 17.2. The van der Waals surface area contributed by atoms with Gasteiger partial charge in [-0.05, 0) is 41.5 Å². The predicted molar refractivity (Wildman–Crippen MR) is 124 cm³/mol. The van der Waals surface area contributed by atoms with Gasteiger partial charge < -0.3 is 9.47 Å². The summed E-state index contributed by atoms with van der Waals surface area (Å²) in [5, 5.41) is 15.0. The monoisotopic (exact) mass is 497 g/mol. The number of hydrogen-bond donors (Lipinski definition) is 1. The summed E-state index contributed by atoms with van der Waals surface area (Å²) in [5.74, 6) is 0.641. The van der Waals surface area contributed by atoms with Crippen LogP contribution in [0.15, 0.2) is 76.3 Å². The highest BCUT2D eigenvalue weighted by atomic mass is 79.9. The lowest BCUT2D eigenvalue weighted by Gasteiger charge is -2.11. The molecule has 0 heterocycles. The number of ether oxygens (including phenoxy) is 2. The zero-order valence-corrected chi connectivity index (χ0v) is 18.7. The Balaban J connectivity index is 1.59. The summed E-state index contributed by atoms with van der Waals surface area (Å²) in [6, 6.07) is 19.2. The van der Waals surface area contributed by atoms with Crippen molar-refractivity contribution in [1.82, 2.24) is 5.43 Å². The van der Waals surface area contributed by atoms with E-state index in [-0.39, 0.29) is 12.1 Å². The van der Waals surface area contributed by atoms with Crippen LogP contribution in [0.25, 0.3) is 0 Å². The number of nitrogens with zero attached hydrogens (tertiary/aromatic N) is 2. The number of nitrogens with one attached hydrogen (secondary N) is 1. The number of carbonyl (C=O) groups is 1.